The van der Waals surface area contributed by atoms with Crippen molar-refractivity contribution in [2.45, 2.75) is 319 Å². The lowest BCUT2D eigenvalue weighted by atomic mass is 9.97. The van der Waals surface area contributed by atoms with Gasteiger partial charge >= 0.3 is 0 Å². The monoisotopic (exact) mass is 1000 g/mol. The van der Waals surface area contributed by atoms with Gasteiger partial charge in [0.25, 0.3) is 0 Å². The van der Waals surface area contributed by atoms with Gasteiger partial charge in [-0.1, -0.05) is 212 Å². The molecule has 2 fully saturated rings. The molecule has 2 aliphatic heterocycles. The molecule has 414 valence electrons. The molecule has 12 atom stereocenters. The summed E-state index contributed by atoms with van der Waals surface area (Å²) in [4.78, 5) is 13.2. The van der Waals surface area contributed by atoms with Gasteiger partial charge in [0.15, 0.2) is 12.6 Å². The Balaban J connectivity index is 1.77. The Labute approximate surface area is 425 Å². The maximum Gasteiger partial charge on any atom is 0.220 e. The molecule has 0 aliphatic carbocycles. The first kappa shape index (κ1) is 64.8. The number of carbonyl (C=O) groups excluding carboxylic acids is 1. The Morgan fingerprint density at radius 3 is 1.36 bits per heavy atom. The molecular weight excluding hydrogens is 895 g/mol. The maximum absolute atomic E-state index is 13.2. The Morgan fingerprint density at radius 2 is 0.900 bits per heavy atom. The molecule has 2 rings (SSSR count). The summed E-state index contributed by atoms with van der Waals surface area (Å²) >= 11 is 0. The normalized spacial score (nSPS) is 26.0. The van der Waals surface area contributed by atoms with Crippen molar-refractivity contribution < 1.29 is 64.6 Å². The van der Waals surface area contributed by atoms with E-state index in [1.165, 1.54) is 148 Å². The highest BCUT2D eigenvalue weighted by atomic mass is 16.7. The summed E-state index contributed by atoms with van der Waals surface area (Å²) in [6.07, 6.45) is 30.6. The molecule has 1 amide bonds. The van der Waals surface area contributed by atoms with Crippen molar-refractivity contribution in [2.24, 2.45) is 0 Å². The first-order valence-electron chi connectivity index (χ1n) is 28.9. The first-order chi connectivity index (χ1) is 34.1. The minimum Gasteiger partial charge on any atom is -0.394 e. The van der Waals surface area contributed by atoms with E-state index < -0.39 is 86.8 Å². The lowest BCUT2D eigenvalue weighted by Gasteiger charge is -2.46. The maximum atomic E-state index is 13.2. The van der Waals surface area contributed by atoms with E-state index in [-0.39, 0.29) is 12.5 Å². The minimum atomic E-state index is -1.78. The molecule has 0 spiro atoms. The quantitative estimate of drug-likeness (QED) is 0.0205. The number of aliphatic hydroxyl groups is 8. The van der Waals surface area contributed by atoms with Crippen LogP contribution in [-0.2, 0) is 23.7 Å². The van der Waals surface area contributed by atoms with Gasteiger partial charge in [-0.25, -0.2) is 0 Å². The molecular formula is C56H107NO13. The van der Waals surface area contributed by atoms with Gasteiger partial charge in [0, 0.05) is 6.42 Å². The van der Waals surface area contributed by atoms with Crippen molar-refractivity contribution >= 4 is 5.91 Å². The van der Waals surface area contributed by atoms with Crippen LogP contribution in [0.25, 0.3) is 0 Å². The minimum absolute atomic E-state index is 0.212. The predicted octanol–water partition coefficient (Wildman–Crippen LogP) is 9.11. The van der Waals surface area contributed by atoms with Crippen LogP contribution in [0.5, 0.6) is 0 Å². The Morgan fingerprint density at radius 1 is 0.500 bits per heavy atom. The fraction of sp³-hybridized carbons (Fsp3) is 0.946. The molecule has 2 heterocycles. The number of unbranched alkanes of at least 4 members (excludes halogenated alkanes) is 31. The SMILES string of the molecule is CCCCCCCCC/C=C\CCCCCCCC(=O)NC(COC1OC(CO)C(OC2OC(CO)C(O)C(O)C2O)C(O)C1O)C(O)CCCCCCCCCCCCCCCCCCCCCC. The number of aliphatic hydroxyl groups excluding tert-OH is 8. The molecule has 2 saturated heterocycles. The second kappa shape index (κ2) is 43.0. The third-order valence-electron chi connectivity index (χ3n) is 14.5. The van der Waals surface area contributed by atoms with Gasteiger partial charge in [0.1, 0.15) is 48.8 Å². The lowest BCUT2D eigenvalue weighted by Crippen LogP contribution is -2.65. The second-order valence-corrected chi connectivity index (χ2v) is 20.8. The number of hydrogen-bond acceptors (Lipinski definition) is 13. The van der Waals surface area contributed by atoms with Gasteiger partial charge in [0.05, 0.1) is 32.0 Å². The topological polar surface area (TPSA) is 228 Å². The molecule has 12 unspecified atom stereocenters. The highest BCUT2D eigenvalue weighted by molar-refractivity contribution is 5.76. The highest BCUT2D eigenvalue weighted by Gasteiger charge is 2.51. The largest absolute Gasteiger partial charge is 0.394 e. The van der Waals surface area contributed by atoms with Crippen LogP contribution in [-0.4, -0.2) is 140 Å². The molecule has 14 nitrogen and oxygen atoms in total. The van der Waals surface area contributed by atoms with Crippen molar-refractivity contribution in [2.75, 3.05) is 19.8 Å². The zero-order chi connectivity index (χ0) is 51.0. The van der Waals surface area contributed by atoms with Gasteiger partial charge in [0.2, 0.25) is 5.91 Å². The fourth-order valence-electron chi connectivity index (χ4n) is 9.76. The highest BCUT2D eigenvalue weighted by Crippen LogP contribution is 2.30. The number of ether oxygens (including phenoxy) is 4. The van der Waals surface area contributed by atoms with E-state index >= 15 is 0 Å². The van der Waals surface area contributed by atoms with Crippen LogP contribution in [0.3, 0.4) is 0 Å². The third-order valence-corrected chi connectivity index (χ3v) is 14.5. The summed E-state index contributed by atoms with van der Waals surface area (Å²) in [6, 6.07) is -0.829. The molecule has 0 radical (unpaired) electrons. The van der Waals surface area contributed by atoms with Crippen molar-refractivity contribution in [1.29, 1.82) is 0 Å². The van der Waals surface area contributed by atoms with E-state index in [4.69, 9.17) is 18.9 Å². The average Bonchev–Trinajstić information content (AvgIpc) is 3.36. The van der Waals surface area contributed by atoms with Crippen LogP contribution in [0.15, 0.2) is 12.2 Å². The number of nitrogens with one attached hydrogen (secondary N) is 1. The molecule has 0 saturated carbocycles. The Bertz CT molecular complexity index is 1230. The van der Waals surface area contributed by atoms with Gasteiger partial charge < -0.3 is 65.1 Å². The summed E-state index contributed by atoms with van der Waals surface area (Å²) in [7, 11) is 0. The van der Waals surface area contributed by atoms with Crippen LogP contribution in [0, 0.1) is 0 Å². The molecule has 0 aromatic heterocycles. The van der Waals surface area contributed by atoms with Crippen LogP contribution in [0.4, 0.5) is 0 Å². The summed E-state index contributed by atoms with van der Waals surface area (Å²) in [5, 5.41) is 87.2. The van der Waals surface area contributed by atoms with Crippen molar-refractivity contribution in [3.63, 3.8) is 0 Å². The first-order valence-corrected chi connectivity index (χ1v) is 28.9. The van der Waals surface area contributed by atoms with Gasteiger partial charge in [-0.2, -0.15) is 0 Å². The summed E-state index contributed by atoms with van der Waals surface area (Å²) in [6.45, 7) is 2.87. The Kier molecular flexibility index (Phi) is 39.9. The Hall–Kier alpha value is -1.27. The number of amides is 1. The molecule has 14 heteroatoms. The van der Waals surface area contributed by atoms with E-state index in [9.17, 15) is 45.6 Å². The third kappa shape index (κ3) is 29.0. The van der Waals surface area contributed by atoms with Crippen molar-refractivity contribution in [3.05, 3.63) is 12.2 Å². The predicted molar refractivity (Wildman–Crippen MR) is 277 cm³/mol. The van der Waals surface area contributed by atoms with Gasteiger partial charge in [-0.3, -0.25) is 4.79 Å². The molecule has 0 aromatic rings. The summed E-state index contributed by atoms with van der Waals surface area (Å²) in [5.74, 6) is -0.212. The summed E-state index contributed by atoms with van der Waals surface area (Å²) in [5.41, 5.74) is 0. The van der Waals surface area contributed by atoms with Crippen molar-refractivity contribution in [3.8, 4) is 0 Å². The standard InChI is InChI=1S/C56H107NO13/c1-3-5-7-9-11-13-15-17-19-21-22-23-24-25-27-29-31-33-35-37-39-45(60)44(57-48(61)40-38-36-34-32-30-28-26-20-18-16-14-12-10-8-6-4-2)43-67-55-53(66)51(64)54(47(42-59)69-55)70-56-52(65)50(63)49(62)46(41-58)68-56/h20,26,44-47,49-56,58-60,62-66H,3-19,21-25,27-43H2,1-2H3,(H,57,61)/b26-20-. The van der Waals surface area contributed by atoms with Crippen LogP contribution >= 0.6 is 0 Å². The molecule has 9 N–H and O–H groups in total. The van der Waals surface area contributed by atoms with E-state index in [1.807, 2.05) is 0 Å². The van der Waals surface area contributed by atoms with Crippen LogP contribution in [0.2, 0.25) is 0 Å². The van der Waals surface area contributed by atoms with Crippen molar-refractivity contribution in [1.82, 2.24) is 5.32 Å². The molecule has 0 bridgehead atoms. The number of hydrogen-bond donors (Lipinski definition) is 9. The fourth-order valence-corrected chi connectivity index (χ4v) is 9.76. The zero-order valence-electron chi connectivity index (χ0n) is 44.3. The van der Waals surface area contributed by atoms with E-state index in [1.54, 1.807) is 0 Å². The average molecular weight is 1000 g/mol. The van der Waals surface area contributed by atoms with Gasteiger partial charge in [-0.15, -0.1) is 0 Å². The second-order valence-electron chi connectivity index (χ2n) is 20.8. The van der Waals surface area contributed by atoms with Crippen LogP contribution in [0.1, 0.15) is 245 Å². The molecule has 0 aromatic carbocycles. The zero-order valence-corrected chi connectivity index (χ0v) is 44.3. The smallest absolute Gasteiger partial charge is 0.220 e. The summed E-state index contributed by atoms with van der Waals surface area (Å²) < 4.78 is 22.8. The van der Waals surface area contributed by atoms with E-state index in [0.717, 1.165) is 64.2 Å². The molecule has 2 aliphatic rings. The molecule has 70 heavy (non-hydrogen) atoms. The number of rotatable bonds is 46. The van der Waals surface area contributed by atoms with Gasteiger partial charge in [-0.05, 0) is 38.5 Å². The lowest BCUT2D eigenvalue weighted by molar-refractivity contribution is -0.359. The van der Waals surface area contributed by atoms with E-state index in [2.05, 4.69) is 31.3 Å². The number of allylic oxidation sites excluding steroid dienone is 2. The van der Waals surface area contributed by atoms with E-state index in [0.29, 0.717) is 19.3 Å². The van der Waals surface area contributed by atoms with Crippen LogP contribution < -0.4 is 5.32 Å². The number of carbonyl (C=O) groups is 1.